The lowest BCUT2D eigenvalue weighted by molar-refractivity contribution is 0.174. The number of benzene rings is 1. The molecule has 0 amide bonds. The molecule has 1 heterocycles. The second kappa shape index (κ2) is 7.09. The molecule has 1 aliphatic heterocycles. The van der Waals surface area contributed by atoms with Gasteiger partial charge in [-0.25, -0.2) is 0 Å². The van der Waals surface area contributed by atoms with Crippen molar-refractivity contribution in [3.8, 4) is 18.2 Å². The van der Waals surface area contributed by atoms with Crippen molar-refractivity contribution in [3.05, 3.63) is 57.8 Å². The molecule has 6 heteroatoms. The maximum atomic E-state index is 10.0. The molecule has 0 radical (unpaired) electrons. The fourth-order valence-electron chi connectivity index (χ4n) is 4.20. The maximum Gasteiger partial charge on any atom is 0.191 e. The summed E-state index contributed by atoms with van der Waals surface area (Å²) in [6.45, 7) is 5.53. The summed E-state index contributed by atoms with van der Waals surface area (Å²) < 4.78 is 0. The van der Waals surface area contributed by atoms with E-state index in [1.807, 2.05) is 24.3 Å². The van der Waals surface area contributed by atoms with Gasteiger partial charge in [0, 0.05) is 36.0 Å². The summed E-state index contributed by atoms with van der Waals surface area (Å²) in [5, 5.41) is 30.3. The summed E-state index contributed by atoms with van der Waals surface area (Å²) in [6, 6.07) is 13.9. The van der Waals surface area contributed by atoms with Crippen LogP contribution < -0.4 is 5.73 Å². The summed E-state index contributed by atoms with van der Waals surface area (Å²) in [6.07, 6.45) is 2.00. The fraction of sp³-hybridized carbons (Fsp3) is 0.381. The van der Waals surface area contributed by atoms with Crippen LogP contribution in [0.15, 0.2) is 47.2 Å². The Hall–Kier alpha value is -2.78. The zero-order chi connectivity index (χ0) is 19.8. The van der Waals surface area contributed by atoms with Crippen LogP contribution in [0, 0.1) is 45.3 Å². The minimum atomic E-state index is -1.64. The van der Waals surface area contributed by atoms with E-state index in [1.54, 1.807) is 6.07 Å². The molecule has 0 saturated carbocycles. The number of allylic oxidation sites excluding steroid dienone is 2. The number of hydrogen-bond donors (Lipinski definition) is 1. The van der Waals surface area contributed by atoms with E-state index in [1.165, 1.54) is 0 Å². The lowest BCUT2D eigenvalue weighted by Crippen LogP contribution is -2.49. The molecule has 0 bridgehead atoms. The summed E-state index contributed by atoms with van der Waals surface area (Å²) >= 11 is 6.47. The van der Waals surface area contributed by atoms with Crippen molar-refractivity contribution in [2.75, 3.05) is 13.1 Å². The molecule has 2 aliphatic rings. The molecule has 1 aromatic rings. The molecule has 27 heavy (non-hydrogen) atoms. The lowest BCUT2D eigenvalue weighted by Gasteiger charge is -2.46. The van der Waals surface area contributed by atoms with Gasteiger partial charge in [0.05, 0.1) is 23.4 Å². The minimum absolute atomic E-state index is 0.0282. The van der Waals surface area contributed by atoms with Crippen LogP contribution in [0.4, 0.5) is 0 Å². The minimum Gasteiger partial charge on any atom is -0.399 e. The molecule has 136 valence electrons. The van der Waals surface area contributed by atoms with Crippen LogP contribution in [-0.2, 0) is 0 Å². The Bertz CT molecular complexity index is 940. The van der Waals surface area contributed by atoms with Crippen molar-refractivity contribution < 1.29 is 0 Å². The molecular weight excluding hydrogens is 358 g/mol. The van der Waals surface area contributed by atoms with Crippen LogP contribution in [0.2, 0.25) is 5.02 Å². The van der Waals surface area contributed by atoms with Crippen molar-refractivity contribution in [1.82, 2.24) is 4.90 Å². The Morgan fingerprint density at radius 3 is 2.44 bits per heavy atom. The molecule has 0 fully saturated rings. The van der Waals surface area contributed by atoms with E-state index in [9.17, 15) is 15.8 Å². The third kappa shape index (κ3) is 2.79. The monoisotopic (exact) mass is 377 g/mol. The molecule has 2 N–H and O–H groups in total. The topological polar surface area (TPSA) is 101 Å². The zero-order valence-corrected chi connectivity index (χ0v) is 16.0. The summed E-state index contributed by atoms with van der Waals surface area (Å²) in [5.41, 5.74) is 6.46. The van der Waals surface area contributed by atoms with Crippen molar-refractivity contribution in [2.45, 2.75) is 25.8 Å². The highest BCUT2D eigenvalue weighted by Gasteiger charge is 2.54. The standard InChI is InChI=1S/C21H20ClN5/c1-13(2)27-8-7-14-16(9-23)20(26)21(11-24,12-25)19(17(14)10-27)15-5-3-4-6-18(15)22/h3-7,13,17,19H,8,10,26H2,1-2H3/t17-,19+/m0/s1. The number of nitriles is 3. The van der Waals surface area contributed by atoms with Gasteiger partial charge >= 0.3 is 0 Å². The Labute approximate surface area is 164 Å². The summed E-state index contributed by atoms with van der Waals surface area (Å²) in [7, 11) is 0. The average Bonchev–Trinajstić information content (AvgIpc) is 2.67. The molecule has 1 aromatic carbocycles. The number of nitrogens with two attached hydrogens (primary N) is 1. The van der Waals surface area contributed by atoms with E-state index >= 15 is 0 Å². The van der Waals surface area contributed by atoms with Crippen molar-refractivity contribution >= 4 is 11.6 Å². The van der Waals surface area contributed by atoms with E-state index in [2.05, 4.69) is 37.0 Å². The predicted molar refractivity (Wildman–Crippen MR) is 103 cm³/mol. The van der Waals surface area contributed by atoms with Crippen molar-refractivity contribution in [3.63, 3.8) is 0 Å². The van der Waals surface area contributed by atoms with Gasteiger partial charge in [0.25, 0.3) is 0 Å². The van der Waals surface area contributed by atoms with Gasteiger partial charge in [-0.2, -0.15) is 15.8 Å². The highest BCUT2D eigenvalue weighted by atomic mass is 35.5. The molecule has 0 aromatic heterocycles. The molecular formula is C21H20ClN5. The van der Waals surface area contributed by atoms with Crippen molar-refractivity contribution in [1.29, 1.82) is 15.8 Å². The van der Waals surface area contributed by atoms with E-state index in [0.29, 0.717) is 29.7 Å². The second-order valence-corrected chi connectivity index (χ2v) is 7.65. The van der Waals surface area contributed by atoms with Gasteiger partial charge in [0.2, 0.25) is 0 Å². The van der Waals surface area contributed by atoms with Crippen LogP contribution in [0.25, 0.3) is 0 Å². The van der Waals surface area contributed by atoms with E-state index in [0.717, 1.165) is 5.57 Å². The van der Waals surface area contributed by atoms with Crippen LogP contribution >= 0.6 is 11.6 Å². The van der Waals surface area contributed by atoms with E-state index < -0.39 is 11.3 Å². The van der Waals surface area contributed by atoms with Gasteiger partial charge < -0.3 is 5.73 Å². The normalized spacial score (nSPS) is 24.4. The smallest absolute Gasteiger partial charge is 0.191 e. The second-order valence-electron chi connectivity index (χ2n) is 7.24. The van der Waals surface area contributed by atoms with Gasteiger partial charge in [-0.05, 0) is 31.1 Å². The van der Waals surface area contributed by atoms with Crippen molar-refractivity contribution in [2.24, 2.45) is 17.1 Å². The lowest BCUT2D eigenvalue weighted by atomic mass is 9.58. The van der Waals surface area contributed by atoms with Gasteiger partial charge in [-0.15, -0.1) is 0 Å². The fourth-order valence-corrected chi connectivity index (χ4v) is 4.45. The van der Waals surface area contributed by atoms with Gasteiger partial charge in [0.15, 0.2) is 5.41 Å². The first-order valence-corrected chi connectivity index (χ1v) is 9.20. The predicted octanol–water partition coefficient (Wildman–Crippen LogP) is 3.47. The summed E-state index contributed by atoms with van der Waals surface area (Å²) in [4.78, 5) is 2.26. The molecule has 0 spiro atoms. The molecule has 0 unspecified atom stereocenters. The zero-order valence-electron chi connectivity index (χ0n) is 15.3. The van der Waals surface area contributed by atoms with Gasteiger partial charge in [-0.3, -0.25) is 4.90 Å². The molecule has 3 rings (SSSR count). The number of hydrogen-bond acceptors (Lipinski definition) is 5. The van der Waals surface area contributed by atoms with Crippen LogP contribution in [0.5, 0.6) is 0 Å². The van der Waals surface area contributed by atoms with Gasteiger partial charge in [-0.1, -0.05) is 35.9 Å². The maximum absolute atomic E-state index is 10.0. The molecule has 2 atom stereocenters. The largest absolute Gasteiger partial charge is 0.399 e. The SMILES string of the molecule is CC(C)N1CC=C2C(C#N)=C(N)C(C#N)(C#N)[C@H](c3ccccc3Cl)[C@H]2C1. The highest BCUT2D eigenvalue weighted by Crippen LogP contribution is 2.55. The number of halogens is 1. The Morgan fingerprint density at radius 2 is 1.89 bits per heavy atom. The number of rotatable bonds is 2. The molecule has 5 nitrogen and oxygen atoms in total. The first-order chi connectivity index (χ1) is 12.9. The van der Waals surface area contributed by atoms with Gasteiger partial charge in [0.1, 0.15) is 6.07 Å². The van der Waals surface area contributed by atoms with E-state index in [4.69, 9.17) is 17.3 Å². The molecule has 1 aliphatic carbocycles. The summed E-state index contributed by atoms with van der Waals surface area (Å²) in [5.74, 6) is -0.770. The first-order valence-electron chi connectivity index (χ1n) is 8.83. The third-order valence-corrected chi connectivity index (χ3v) is 6.01. The highest BCUT2D eigenvalue weighted by molar-refractivity contribution is 6.31. The molecule has 0 saturated heterocycles. The Morgan fingerprint density at radius 1 is 1.22 bits per heavy atom. The van der Waals surface area contributed by atoms with Crippen LogP contribution in [-0.4, -0.2) is 24.0 Å². The van der Waals surface area contributed by atoms with E-state index in [-0.39, 0.29) is 17.2 Å². The Balaban J connectivity index is 2.33. The first kappa shape index (κ1) is 19.0. The average molecular weight is 378 g/mol. The number of nitrogens with zero attached hydrogens (tertiary/aromatic N) is 4. The van der Waals surface area contributed by atoms with Crippen LogP contribution in [0.3, 0.4) is 0 Å². The van der Waals surface area contributed by atoms with Crippen LogP contribution in [0.1, 0.15) is 25.3 Å². The quantitative estimate of drug-likeness (QED) is 0.850. The Kier molecular flexibility index (Phi) is 4.99. The number of fused-ring (bicyclic) bond motifs is 1. The third-order valence-electron chi connectivity index (χ3n) is 5.66.